The lowest BCUT2D eigenvalue weighted by atomic mass is 10.1. The van der Waals surface area contributed by atoms with Crippen LogP contribution in [0.1, 0.15) is 15.9 Å². The summed E-state index contributed by atoms with van der Waals surface area (Å²) < 4.78 is 22.5. The monoisotopic (exact) mass is 501 g/mol. The van der Waals surface area contributed by atoms with Crippen LogP contribution in [0.2, 0.25) is 0 Å². The first-order valence-electron chi connectivity index (χ1n) is 12.3. The second-order valence-corrected chi connectivity index (χ2v) is 8.88. The third kappa shape index (κ3) is 5.12. The molecule has 5 rings (SSSR count). The molecule has 1 aromatic heterocycles. The van der Waals surface area contributed by atoms with E-state index in [1.165, 1.54) is 26.9 Å². The van der Waals surface area contributed by atoms with E-state index < -0.39 is 0 Å². The SMILES string of the molecule is COc1cc(C(=O)Nc2ccccc2-c2cc3c(CN4CCNCC4)cccc3o2)cc(OC)c1OC. The Bertz CT molecular complexity index is 1380. The number of ether oxygens (including phenoxy) is 3. The molecule has 1 fully saturated rings. The number of carbonyl (C=O) groups excluding carboxylic acids is 1. The van der Waals surface area contributed by atoms with Crippen molar-refractivity contribution in [2.75, 3.05) is 52.8 Å². The number of carbonyl (C=O) groups is 1. The smallest absolute Gasteiger partial charge is 0.255 e. The molecule has 4 aromatic rings. The molecule has 8 heteroatoms. The minimum Gasteiger partial charge on any atom is -0.493 e. The van der Waals surface area contributed by atoms with E-state index in [4.69, 9.17) is 18.6 Å². The van der Waals surface area contributed by atoms with Crippen molar-refractivity contribution in [1.82, 2.24) is 10.2 Å². The Kier molecular flexibility index (Phi) is 7.30. The molecule has 192 valence electrons. The fourth-order valence-corrected chi connectivity index (χ4v) is 4.72. The van der Waals surface area contributed by atoms with Gasteiger partial charge in [0, 0.05) is 49.2 Å². The minimum absolute atomic E-state index is 0.304. The van der Waals surface area contributed by atoms with Crippen molar-refractivity contribution >= 4 is 22.6 Å². The molecule has 0 radical (unpaired) electrons. The van der Waals surface area contributed by atoms with Crippen molar-refractivity contribution in [3.8, 4) is 28.6 Å². The third-order valence-electron chi connectivity index (χ3n) is 6.62. The molecule has 0 atom stereocenters. The number of nitrogens with one attached hydrogen (secondary N) is 2. The molecule has 2 N–H and O–H groups in total. The maximum atomic E-state index is 13.3. The van der Waals surface area contributed by atoms with Crippen LogP contribution in [0.4, 0.5) is 5.69 Å². The average Bonchev–Trinajstić information content (AvgIpc) is 3.38. The number of rotatable bonds is 8. The van der Waals surface area contributed by atoms with Crippen LogP contribution in [0, 0.1) is 0 Å². The Hall–Kier alpha value is -4.01. The highest BCUT2D eigenvalue weighted by Crippen LogP contribution is 2.39. The van der Waals surface area contributed by atoms with Crippen LogP contribution >= 0.6 is 0 Å². The summed E-state index contributed by atoms with van der Waals surface area (Å²) in [6, 6.07) is 19.1. The molecular formula is C29H31N3O5. The quantitative estimate of drug-likeness (QED) is 0.359. The van der Waals surface area contributed by atoms with E-state index in [0.29, 0.717) is 34.3 Å². The van der Waals surface area contributed by atoms with Crippen molar-refractivity contribution in [2.45, 2.75) is 6.54 Å². The van der Waals surface area contributed by atoms with E-state index >= 15 is 0 Å². The lowest BCUT2D eigenvalue weighted by molar-refractivity contribution is 0.102. The summed E-state index contributed by atoms with van der Waals surface area (Å²) in [7, 11) is 4.57. The predicted octanol–water partition coefficient (Wildman–Crippen LogP) is 4.78. The Balaban J connectivity index is 1.45. The molecule has 0 bridgehead atoms. The topological polar surface area (TPSA) is 85.2 Å². The van der Waals surface area contributed by atoms with Gasteiger partial charge in [0.05, 0.1) is 27.0 Å². The second kappa shape index (κ2) is 10.9. The first-order valence-corrected chi connectivity index (χ1v) is 12.3. The predicted molar refractivity (Wildman–Crippen MR) is 144 cm³/mol. The molecule has 1 aliphatic rings. The fourth-order valence-electron chi connectivity index (χ4n) is 4.72. The molecular weight excluding hydrogens is 470 g/mol. The number of anilines is 1. The molecule has 0 saturated carbocycles. The van der Waals surface area contributed by atoms with Crippen molar-refractivity contribution in [2.24, 2.45) is 0 Å². The average molecular weight is 502 g/mol. The van der Waals surface area contributed by atoms with Gasteiger partial charge in [-0.2, -0.15) is 0 Å². The van der Waals surface area contributed by atoms with Gasteiger partial charge in [0.1, 0.15) is 11.3 Å². The normalized spacial score (nSPS) is 13.9. The van der Waals surface area contributed by atoms with Gasteiger partial charge in [-0.15, -0.1) is 0 Å². The number of hydrogen-bond donors (Lipinski definition) is 2. The molecule has 37 heavy (non-hydrogen) atoms. The molecule has 1 aliphatic heterocycles. The zero-order chi connectivity index (χ0) is 25.8. The number of para-hydroxylation sites is 1. The Morgan fingerprint density at radius 2 is 1.68 bits per heavy atom. The Labute approximate surface area is 216 Å². The van der Waals surface area contributed by atoms with Crippen molar-refractivity contribution in [3.05, 3.63) is 71.8 Å². The number of hydrogen-bond acceptors (Lipinski definition) is 7. The highest BCUT2D eigenvalue weighted by molar-refractivity contribution is 6.07. The summed E-state index contributed by atoms with van der Waals surface area (Å²) in [5, 5.41) is 7.51. The molecule has 0 spiro atoms. The Morgan fingerprint density at radius 1 is 0.946 bits per heavy atom. The number of amides is 1. The van der Waals surface area contributed by atoms with Gasteiger partial charge in [0.2, 0.25) is 5.75 Å². The second-order valence-electron chi connectivity index (χ2n) is 8.88. The highest BCUT2D eigenvalue weighted by Gasteiger charge is 2.20. The number of benzene rings is 3. The number of methoxy groups -OCH3 is 3. The third-order valence-corrected chi connectivity index (χ3v) is 6.62. The van der Waals surface area contributed by atoms with Crippen LogP contribution in [0.25, 0.3) is 22.3 Å². The van der Waals surface area contributed by atoms with E-state index in [9.17, 15) is 4.79 Å². The van der Waals surface area contributed by atoms with E-state index in [2.05, 4.69) is 27.7 Å². The number of nitrogens with zero attached hydrogens (tertiary/aromatic N) is 1. The number of furan rings is 1. The fraction of sp³-hybridized carbons (Fsp3) is 0.276. The van der Waals surface area contributed by atoms with Crippen molar-refractivity contribution in [3.63, 3.8) is 0 Å². The van der Waals surface area contributed by atoms with Gasteiger partial charge in [-0.3, -0.25) is 9.69 Å². The minimum atomic E-state index is -0.304. The van der Waals surface area contributed by atoms with E-state index in [0.717, 1.165) is 49.3 Å². The maximum Gasteiger partial charge on any atom is 0.255 e. The summed E-state index contributed by atoms with van der Waals surface area (Å²) in [5.41, 5.74) is 3.88. The van der Waals surface area contributed by atoms with Gasteiger partial charge in [-0.25, -0.2) is 0 Å². The zero-order valence-corrected chi connectivity index (χ0v) is 21.3. The molecule has 0 aliphatic carbocycles. The molecule has 8 nitrogen and oxygen atoms in total. The van der Waals surface area contributed by atoms with Gasteiger partial charge in [-0.05, 0) is 42.0 Å². The van der Waals surface area contributed by atoms with Crippen LogP contribution in [0.5, 0.6) is 17.2 Å². The van der Waals surface area contributed by atoms with Gasteiger partial charge >= 0.3 is 0 Å². The van der Waals surface area contributed by atoms with E-state index in [1.807, 2.05) is 36.4 Å². The van der Waals surface area contributed by atoms with E-state index in [1.54, 1.807) is 12.1 Å². The van der Waals surface area contributed by atoms with Crippen LogP contribution in [-0.4, -0.2) is 58.3 Å². The van der Waals surface area contributed by atoms with Gasteiger partial charge in [0.15, 0.2) is 11.5 Å². The van der Waals surface area contributed by atoms with Gasteiger partial charge in [-0.1, -0.05) is 24.3 Å². The van der Waals surface area contributed by atoms with Crippen molar-refractivity contribution < 1.29 is 23.4 Å². The van der Waals surface area contributed by atoms with E-state index in [-0.39, 0.29) is 5.91 Å². The lowest BCUT2D eigenvalue weighted by Gasteiger charge is -2.27. The summed E-state index contributed by atoms with van der Waals surface area (Å²) in [6.07, 6.45) is 0. The molecule has 2 heterocycles. The lowest BCUT2D eigenvalue weighted by Crippen LogP contribution is -2.42. The molecule has 1 amide bonds. The van der Waals surface area contributed by atoms with Crippen molar-refractivity contribution in [1.29, 1.82) is 0 Å². The summed E-state index contributed by atoms with van der Waals surface area (Å²) in [5.74, 6) is 1.65. The largest absolute Gasteiger partial charge is 0.493 e. The molecule has 0 unspecified atom stereocenters. The summed E-state index contributed by atoms with van der Waals surface area (Å²) in [6.45, 7) is 4.93. The number of fused-ring (bicyclic) bond motifs is 1. The van der Waals surface area contributed by atoms with Crippen LogP contribution in [0.3, 0.4) is 0 Å². The first-order chi connectivity index (χ1) is 18.1. The highest BCUT2D eigenvalue weighted by atomic mass is 16.5. The number of piperazine rings is 1. The van der Waals surface area contributed by atoms with Crippen LogP contribution in [0.15, 0.2) is 65.1 Å². The van der Waals surface area contributed by atoms with Gasteiger partial charge < -0.3 is 29.3 Å². The molecule has 1 saturated heterocycles. The summed E-state index contributed by atoms with van der Waals surface area (Å²) in [4.78, 5) is 15.7. The van der Waals surface area contributed by atoms with Crippen LogP contribution < -0.4 is 24.8 Å². The first kappa shape index (κ1) is 24.7. The Morgan fingerprint density at radius 3 is 2.38 bits per heavy atom. The maximum absolute atomic E-state index is 13.3. The van der Waals surface area contributed by atoms with Crippen LogP contribution in [-0.2, 0) is 6.54 Å². The van der Waals surface area contributed by atoms with Gasteiger partial charge in [0.25, 0.3) is 5.91 Å². The molecule has 3 aromatic carbocycles. The zero-order valence-electron chi connectivity index (χ0n) is 21.3. The summed E-state index contributed by atoms with van der Waals surface area (Å²) >= 11 is 0. The standard InChI is InChI=1S/C29H31N3O5/c1-34-26-15-20(16-27(35-2)28(26)36-3)29(33)31-23-9-5-4-8-21(23)25-17-22-19(7-6-10-24(22)37-25)18-32-13-11-30-12-14-32/h4-10,15-17,30H,11-14,18H2,1-3H3,(H,31,33).